The third kappa shape index (κ3) is 1.42. The number of hydrogen-bond donors (Lipinski definition) is 0. The van der Waals surface area contributed by atoms with Crippen molar-refractivity contribution in [3.63, 3.8) is 0 Å². The Labute approximate surface area is 74.8 Å². The van der Waals surface area contributed by atoms with Crippen LogP contribution in [0.15, 0.2) is 12.2 Å². The number of allylic oxidation sites excluding steroid dienone is 1. The van der Waals surface area contributed by atoms with Crippen LogP contribution in [0.25, 0.3) is 0 Å². The minimum absolute atomic E-state index is 0.0134. The van der Waals surface area contributed by atoms with E-state index in [2.05, 4.69) is 32.9 Å². The Morgan fingerprint density at radius 1 is 1.17 bits per heavy atom. The molecular weight excluding hydrogens is 148 g/mol. The van der Waals surface area contributed by atoms with Gasteiger partial charge in [0.2, 0.25) is 0 Å². The Balaban J connectivity index is 1.94. The van der Waals surface area contributed by atoms with Crippen molar-refractivity contribution in [2.45, 2.75) is 45.3 Å². The lowest BCUT2D eigenvalue weighted by Crippen LogP contribution is -2.35. The van der Waals surface area contributed by atoms with Crippen molar-refractivity contribution in [2.24, 2.45) is 11.8 Å². The fourth-order valence-corrected chi connectivity index (χ4v) is 2.13. The Hall–Kier alpha value is -0.300. The molecule has 0 saturated heterocycles. The summed E-state index contributed by atoms with van der Waals surface area (Å²) in [4.78, 5) is 0. The van der Waals surface area contributed by atoms with Crippen molar-refractivity contribution in [3.05, 3.63) is 12.2 Å². The summed E-state index contributed by atoms with van der Waals surface area (Å²) < 4.78 is 5.95. The standard InChI is InChI=1S/C11H18O/c1-11(2,3)12-10-7-5-8-4-6-9(8)10/h5,7-10H,4,6H2,1-3H3. The summed E-state index contributed by atoms with van der Waals surface area (Å²) in [5.74, 6) is 1.65. The monoisotopic (exact) mass is 166 g/mol. The zero-order valence-corrected chi connectivity index (χ0v) is 8.21. The molecule has 0 aliphatic heterocycles. The van der Waals surface area contributed by atoms with E-state index < -0.39 is 0 Å². The Bertz CT molecular complexity index is 200. The van der Waals surface area contributed by atoms with E-state index in [1.807, 2.05) is 0 Å². The van der Waals surface area contributed by atoms with E-state index in [1.165, 1.54) is 12.8 Å². The molecule has 2 aliphatic carbocycles. The number of hydrogen-bond acceptors (Lipinski definition) is 1. The molecule has 1 fully saturated rings. The molecule has 3 atom stereocenters. The molecule has 0 aromatic rings. The summed E-state index contributed by atoms with van der Waals surface area (Å²) in [5.41, 5.74) is 0.0134. The molecule has 0 N–H and O–H groups in total. The van der Waals surface area contributed by atoms with Gasteiger partial charge in [-0.25, -0.2) is 0 Å². The quantitative estimate of drug-likeness (QED) is 0.544. The first-order valence-corrected chi connectivity index (χ1v) is 4.92. The van der Waals surface area contributed by atoms with E-state index >= 15 is 0 Å². The van der Waals surface area contributed by atoms with E-state index in [0.717, 1.165) is 11.8 Å². The minimum Gasteiger partial charge on any atom is -0.368 e. The topological polar surface area (TPSA) is 9.23 Å². The van der Waals surface area contributed by atoms with E-state index in [9.17, 15) is 0 Å². The average molecular weight is 166 g/mol. The van der Waals surface area contributed by atoms with Crippen molar-refractivity contribution in [3.8, 4) is 0 Å². The van der Waals surface area contributed by atoms with Crippen LogP contribution < -0.4 is 0 Å². The van der Waals surface area contributed by atoms with Crippen LogP contribution in [0.4, 0.5) is 0 Å². The summed E-state index contributed by atoms with van der Waals surface area (Å²) in [6.45, 7) is 6.40. The molecule has 0 aromatic carbocycles. The molecule has 2 aliphatic rings. The van der Waals surface area contributed by atoms with Gasteiger partial charge in [0.1, 0.15) is 0 Å². The van der Waals surface area contributed by atoms with Gasteiger partial charge in [-0.3, -0.25) is 0 Å². The number of fused-ring (bicyclic) bond motifs is 1. The largest absolute Gasteiger partial charge is 0.368 e. The maximum Gasteiger partial charge on any atom is 0.0796 e. The third-order valence-corrected chi connectivity index (χ3v) is 2.84. The smallest absolute Gasteiger partial charge is 0.0796 e. The van der Waals surface area contributed by atoms with Crippen LogP contribution in [-0.2, 0) is 4.74 Å². The zero-order chi connectivity index (χ0) is 8.77. The van der Waals surface area contributed by atoms with Crippen LogP contribution in [0.5, 0.6) is 0 Å². The van der Waals surface area contributed by atoms with Gasteiger partial charge in [-0.15, -0.1) is 0 Å². The average Bonchev–Trinajstić information content (AvgIpc) is 2.02. The van der Waals surface area contributed by atoms with Gasteiger partial charge in [0.25, 0.3) is 0 Å². The third-order valence-electron chi connectivity index (χ3n) is 2.84. The van der Waals surface area contributed by atoms with E-state index in [1.54, 1.807) is 0 Å². The molecule has 0 heterocycles. The molecule has 0 bridgehead atoms. The molecule has 0 aromatic heterocycles. The number of ether oxygens (including phenoxy) is 1. The lowest BCUT2D eigenvalue weighted by Gasteiger charge is -2.37. The first kappa shape index (κ1) is 8.31. The summed E-state index contributed by atoms with van der Waals surface area (Å²) in [5, 5.41) is 0. The predicted molar refractivity (Wildman–Crippen MR) is 50.0 cm³/mol. The maximum atomic E-state index is 5.95. The second-order valence-corrected chi connectivity index (χ2v) is 4.98. The molecule has 0 amide bonds. The van der Waals surface area contributed by atoms with Crippen molar-refractivity contribution in [1.29, 1.82) is 0 Å². The summed E-state index contributed by atoms with van der Waals surface area (Å²) in [6.07, 6.45) is 7.74. The molecule has 1 saturated carbocycles. The van der Waals surface area contributed by atoms with Gasteiger partial charge < -0.3 is 4.74 Å². The summed E-state index contributed by atoms with van der Waals surface area (Å²) in [6, 6.07) is 0. The van der Waals surface area contributed by atoms with Crippen molar-refractivity contribution >= 4 is 0 Å². The van der Waals surface area contributed by atoms with Crippen LogP contribution in [0.1, 0.15) is 33.6 Å². The van der Waals surface area contributed by atoms with Crippen LogP contribution in [-0.4, -0.2) is 11.7 Å². The summed E-state index contributed by atoms with van der Waals surface area (Å²) in [7, 11) is 0. The van der Waals surface area contributed by atoms with Crippen LogP contribution >= 0.6 is 0 Å². The van der Waals surface area contributed by atoms with E-state index in [0.29, 0.717) is 6.10 Å². The summed E-state index contributed by atoms with van der Waals surface area (Å²) >= 11 is 0. The van der Waals surface area contributed by atoms with Gasteiger partial charge in [0, 0.05) is 0 Å². The van der Waals surface area contributed by atoms with Gasteiger partial charge in [0.15, 0.2) is 0 Å². The number of rotatable bonds is 1. The first-order valence-electron chi connectivity index (χ1n) is 4.92. The molecule has 68 valence electrons. The molecule has 1 nitrogen and oxygen atoms in total. The lowest BCUT2D eigenvalue weighted by molar-refractivity contribution is -0.0781. The first-order chi connectivity index (χ1) is 5.56. The predicted octanol–water partition coefficient (Wildman–Crippen LogP) is 2.77. The van der Waals surface area contributed by atoms with Gasteiger partial charge >= 0.3 is 0 Å². The molecule has 12 heavy (non-hydrogen) atoms. The van der Waals surface area contributed by atoms with Crippen molar-refractivity contribution < 1.29 is 4.74 Å². The highest BCUT2D eigenvalue weighted by atomic mass is 16.5. The fourth-order valence-electron chi connectivity index (χ4n) is 2.13. The Morgan fingerprint density at radius 3 is 2.33 bits per heavy atom. The highest BCUT2D eigenvalue weighted by Crippen LogP contribution is 2.44. The molecule has 0 radical (unpaired) electrons. The van der Waals surface area contributed by atoms with Crippen molar-refractivity contribution in [1.82, 2.24) is 0 Å². The maximum absolute atomic E-state index is 5.95. The fraction of sp³-hybridized carbons (Fsp3) is 0.818. The minimum atomic E-state index is 0.0134. The SMILES string of the molecule is CC(C)(C)OC1C=CC2CCC21. The zero-order valence-electron chi connectivity index (χ0n) is 8.21. The normalized spacial score (nSPS) is 39.4. The van der Waals surface area contributed by atoms with Crippen LogP contribution in [0, 0.1) is 11.8 Å². The molecule has 2 rings (SSSR count). The van der Waals surface area contributed by atoms with Gasteiger partial charge in [-0.1, -0.05) is 12.2 Å². The molecule has 1 heteroatoms. The Kier molecular flexibility index (Phi) is 1.80. The molecule has 3 unspecified atom stereocenters. The molecule has 0 spiro atoms. The van der Waals surface area contributed by atoms with Crippen molar-refractivity contribution in [2.75, 3.05) is 0 Å². The van der Waals surface area contributed by atoms with E-state index in [-0.39, 0.29) is 5.60 Å². The highest BCUT2D eigenvalue weighted by molar-refractivity contribution is 5.13. The van der Waals surface area contributed by atoms with Gasteiger partial charge in [-0.05, 0) is 45.4 Å². The van der Waals surface area contributed by atoms with Crippen LogP contribution in [0.3, 0.4) is 0 Å². The second-order valence-electron chi connectivity index (χ2n) is 4.98. The van der Waals surface area contributed by atoms with Gasteiger partial charge in [-0.2, -0.15) is 0 Å². The van der Waals surface area contributed by atoms with Gasteiger partial charge in [0.05, 0.1) is 11.7 Å². The van der Waals surface area contributed by atoms with E-state index in [4.69, 9.17) is 4.74 Å². The second kappa shape index (κ2) is 2.59. The lowest BCUT2D eigenvalue weighted by atomic mass is 9.75. The Morgan fingerprint density at radius 2 is 1.92 bits per heavy atom. The highest BCUT2D eigenvalue weighted by Gasteiger charge is 2.40. The van der Waals surface area contributed by atoms with Crippen LogP contribution in [0.2, 0.25) is 0 Å². The molecular formula is C11H18O.